The van der Waals surface area contributed by atoms with Crippen LogP contribution >= 0.6 is 0 Å². The van der Waals surface area contributed by atoms with E-state index >= 15 is 0 Å². The fourth-order valence-corrected chi connectivity index (χ4v) is 2.42. The quantitative estimate of drug-likeness (QED) is 0.584. The minimum Gasteiger partial charge on any atom is -0.382 e. The molecule has 0 aromatic carbocycles. The molecule has 1 aliphatic rings. The Bertz CT molecular complexity index is 205. The summed E-state index contributed by atoms with van der Waals surface area (Å²) in [5.41, 5.74) is 5.57. The number of nitrogens with two attached hydrogens (primary N) is 1. The number of hydrogen-bond donors (Lipinski definition) is 1. The molecule has 1 aliphatic heterocycles. The highest BCUT2D eigenvalue weighted by Crippen LogP contribution is 2.04. The van der Waals surface area contributed by atoms with Crippen molar-refractivity contribution in [2.24, 2.45) is 5.73 Å². The molecule has 1 saturated heterocycles. The predicted molar refractivity (Wildman–Crippen MR) is 78.5 cm³/mol. The average Bonchev–Trinajstić information content (AvgIpc) is 2.66. The third-order valence-electron chi connectivity index (χ3n) is 3.55. The van der Waals surface area contributed by atoms with Gasteiger partial charge in [0, 0.05) is 33.4 Å². The van der Waals surface area contributed by atoms with Gasteiger partial charge in [0.15, 0.2) is 0 Å². The van der Waals surface area contributed by atoms with E-state index in [4.69, 9.17) is 15.2 Å². The van der Waals surface area contributed by atoms with Gasteiger partial charge in [0.2, 0.25) is 0 Å². The minimum absolute atomic E-state index is 0.694. The summed E-state index contributed by atoms with van der Waals surface area (Å²) in [7, 11) is 1.71. The summed E-state index contributed by atoms with van der Waals surface area (Å²) < 4.78 is 10.4. The Balaban J connectivity index is 2.02. The van der Waals surface area contributed by atoms with Crippen LogP contribution in [-0.2, 0) is 9.47 Å². The SMILES string of the molecule is COCCOCCCN1CCCN(CCCN)CC1. The lowest BCUT2D eigenvalue weighted by molar-refractivity contribution is 0.0654. The van der Waals surface area contributed by atoms with Crippen LogP contribution in [0, 0.1) is 0 Å². The van der Waals surface area contributed by atoms with Crippen LogP contribution in [0.25, 0.3) is 0 Å². The standard InChI is InChI=1S/C14H31N3O2/c1-18-13-14-19-12-4-9-17-8-3-7-16(10-11-17)6-2-5-15/h2-15H2,1H3. The van der Waals surface area contributed by atoms with E-state index in [0.29, 0.717) is 13.2 Å². The van der Waals surface area contributed by atoms with Gasteiger partial charge >= 0.3 is 0 Å². The largest absolute Gasteiger partial charge is 0.382 e. The molecule has 0 saturated carbocycles. The summed E-state index contributed by atoms with van der Waals surface area (Å²) in [6.45, 7) is 10.2. The molecular weight excluding hydrogens is 242 g/mol. The molecule has 19 heavy (non-hydrogen) atoms. The lowest BCUT2D eigenvalue weighted by Gasteiger charge is -2.21. The fourth-order valence-electron chi connectivity index (χ4n) is 2.42. The van der Waals surface area contributed by atoms with Crippen LogP contribution in [0.1, 0.15) is 19.3 Å². The first-order valence-electron chi connectivity index (χ1n) is 7.58. The van der Waals surface area contributed by atoms with Crippen molar-refractivity contribution in [1.29, 1.82) is 0 Å². The van der Waals surface area contributed by atoms with Gasteiger partial charge in [-0.25, -0.2) is 0 Å². The number of hydrogen-bond acceptors (Lipinski definition) is 5. The van der Waals surface area contributed by atoms with Crippen LogP contribution in [0.4, 0.5) is 0 Å². The monoisotopic (exact) mass is 273 g/mol. The molecule has 0 aromatic rings. The maximum Gasteiger partial charge on any atom is 0.0700 e. The molecule has 0 amide bonds. The van der Waals surface area contributed by atoms with E-state index in [1.54, 1.807) is 7.11 Å². The summed E-state index contributed by atoms with van der Waals surface area (Å²) in [5, 5.41) is 0. The molecule has 0 atom stereocenters. The summed E-state index contributed by atoms with van der Waals surface area (Å²) in [6, 6.07) is 0. The van der Waals surface area contributed by atoms with Gasteiger partial charge in [-0.3, -0.25) is 0 Å². The maximum absolute atomic E-state index is 5.57. The Morgan fingerprint density at radius 2 is 1.58 bits per heavy atom. The predicted octanol–water partition coefficient (Wildman–Crippen LogP) is 0.396. The molecule has 0 radical (unpaired) electrons. The Morgan fingerprint density at radius 3 is 2.21 bits per heavy atom. The number of nitrogens with zero attached hydrogens (tertiary/aromatic N) is 2. The van der Waals surface area contributed by atoms with Crippen molar-refractivity contribution in [2.45, 2.75) is 19.3 Å². The van der Waals surface area contributed by atoms with Gasteiger partial charge in [-0.05, 0) is 45.4 Å². The van der Waals surface area contributed by atoms with E-state index in [0.717, 1.165) is 39.1 Å². The summed E-state index contributed by atoms with van der Waals surface area (Å²) in [4.78, 5) is 5.10. The van der Waals surface area contributed by atoms with Gasteiger partial charge in [-0.2, -0.15) is 0 Å². The molecule has 1 rings (SSSR count). The maximum atomic E-state index is 5.57. The molecule has 1 heterocycles. The summed E-state index contributed by atoms with van der Waals surface area (Å²) in [6.07, 6.45) is 3.51. The van der Waals surface area contributed by atoms with E-state index in [1.165, 1.54) is 32.6 Å². The van der Waals surface area contributed by atoms with Crippen molar-refractivity contribution < 1.29 is 9.47 Å². The first-order chi connectivity index (χ1) is 9.36. The zero-order valence-corrected chi connectivity index (χ0v) is 12.5. The van der Waals surface area contributed by atoms with E-state index in [2.05, 4.69) is 9.80 Å². The normalized spacial score (nSPS) is 18.6. The highest BCUT2D eigenvalue weighted by Gasteiger charge is 2.13. The van der Waals surface area contributed by atoms with Gasteiger partial charge in [0.05, 0.1) is 13.2 Å². The van der Waals surface area contributed by atoms with Crippen molar-refractivity contribution in [2.75, 3.05) is 72.7 Å². The zero-order valence-electron chi connectivity index (χ0n) is 12.5. The molecule has 2 N–H and O–H groups in total. The second kappa shape index (κ2) is 11.6. The number of methoxy groups -OCH3 is 1. The summed E-state index contributed by atoms with van der Waals surface area (Å²) >= 11 is 0. The van der Waals surface area contributed by atoms with Crippen molar-refractivity contribution in [3.8, 4) is 0 Å². The van der Waals surface area contributed by atoms with E-state index in [1.807, 2.05) is 0 Å². The Labute approximate surface area is 118 Å². The smallest absolute Gasteiger partial charge is 0.0700 e. The second-order valence-corrected chi connectivity index (χ2v) is 5.14. The number of rotatable bonds is 10. The molecule has 5 nitrogen and oxygen atoms in total. The first-order valence-corrected chi connectivity index (χ1v) is 7.58. The van der Waals surface area contributed by atoms with Crippen LogP contribution in [0.2, 0.25) is 0 Å². The molecular formula is C14H31N3O2. The third-order valence-corrected chi connectivity index (χ3v) is 3.55. The van der Waals surface area contributed by atoms with Crippen LogP contribution in [0.3, 0.4) is 0 Å². The van der Waals surface area contributed by atoms with Gasteiger partial charge < -0.3 is 25.0 Å². The minimum atomic E-state index is 0.694. The Morgan fingerprint density at radius 1 is 0.895 bits per heavy atom. The highest BCUT2D eigenvalue weighted by atomic mass is 16.5. The van der Waals surface area contributed by atoms with Crippen LogP contribution in [-0.4, -0.2) is 82.5 Å². The van der Waals surface area contributed by atoms with Gasteiger partial charge in [0.1, 0.15) is 0 Å². The van der Waals surface area contributed by atoms with E-state index < -0.39 is 0 Å². The van der Waals surface area contributed by atoms with Crippen molar-refractivity contribution in [3.05, 3.63) is 0 Å². The molecule has 5 heteroatoms. The van der Waals surface area contributed by atoms with Gasteiger partial charge in [-0.15, -0.1) is 0 Å². The third kappa shape index (κ3) is 8.55. The molecule has 0 spiro atoms. The van der Waals surface area contributed by atoms with E-state index in [9.17, 15) is 0 Å². The fraction of sp³-hybridized carbons (Fsp3) is 1.00. The van der Waals surface area contributed by atoms with Crippen LogP contribution < -0.4 is 5.73 Å². The lowest BCUT2D eigenvalue weighted by Crippen LogP contribution is -2.32. The zero-order chi connectivity index (χ0) is 13.8. The Kier molecular flexibility index (Phi) is 10.3. The van der Waals surface area contributed by atoms with Crippen molar-refractivity contribution in [3.63, 3.8) is 0 Å². The van der Waals surface area contributed by atoms with Crippen LogP contribution in [0.5, 0.6) is 0 Å². The number of ether oxygens (including phenoxy) is 2. The van der Waals surface area contributed by atoms with Gasteiger partial charge in [0.25, 0.3) is 0 Å². The highest BCUT2D eigenvalue weighted by molar-refractivity contribution is 4.69. The molecule has 0 aliphatic carbocycles. The van der Waals surface area contributed by atoms with Crippen LogP contribution in [0.15, 0.2) is 0 Å². The first kappa shape index (κ1) is 16.9. The van der Waals surface area contributed by atoms with Crippen molar-refractivity contribution >= 4 is 0 Å². The molecule has 0 bridgehead atoms. The molecule has 0 aromatic heterocycles. The van der Waals surface area contributed by atoms with Crippen molar-refractivity contribution in [1.82, 2.24) is 9.80 Å². The average molecular weight is 273 g/mol. The van der Waals surface area contributed by atoms with E-state index in [-0.39, 0.29) is 0 Å². The molecule has 1 fully saturated rings. The van der Waals surface area contributed by atoms with Gasteiger partial charge in [-0.1, -0.05) is 0 Å². The second-order valence-electron chi connectivity index (χ2n) is 5.14. The lowest BCUT2D eigenvalue weighted by atomic mass is 10.3. The molecule has 0 unspecified atom stereocenters. The Hall–Kier alpha value is -0.200. The molecule has 114 valence electrons. The summed E-state index contributed by atoms with van der Waals surface area (Å²) in [5.74, 6) is 0. The topological polar surface area (TPSA) is 51.0 Å².